The Hall–Kier alpha value is -0.610. The Kier molecular flexibility index (Phi) is 11.9. The minimum Gasteiger partial charge on any atom is -0.357 e. The Morgan fingerprint density at radius 3 is 2.10 bits per heavy atom. The van der Waals surface area contributed by atoms with Crippen LogP contribution in [0.3, 0.4) is 0 Å². The first-order valence-electron chi connectivity index (χ1n) is 12.4. The van der Waals surface area contributed by atoms with Gasteiger partial charge in [0, 0.05) is 58.9 Å². The van der Waals surface area contributed by atoms with Crippen LogP contribution < -0.4 is 5.32 Å². The van der Waals surface area contributed by atoms with Crippen LogP contribution >= 0.6 is 24.0 Å². The summed E-state index contributed by atoms with van der Waals surface area (Å²) in [5.74, 6) is 1.94. The summed E-state index contributed by atoms with van der Waals surface area (Å²) in [7, 11) is 0. The van der Waals surface area contributed by atoms with Crippen LogP contribution in [0.4, 0.5) is 0 Å². The van der Waals surface area contributed by atoms with Crippen molar-refractivity contribution in [1.82, 2.24) is 24.9 Å². The van der Waals surface area contributed by atoms with Gasteiger partial charge in [-0.05, 0) is 58.5 Å². The first kappa shape index (κ1) is 26.6. The molecule has 0 aromatic carbocycles. The molecule has 2 unspecified atom stereocenters. The number of nitrogens with zero attached hydrogens (tertiary/aromatic N) is 5. The summed E-state index contributed by atoms with van der Waals surface area (Å²) < 4.78 is 0. The number of hydrogen-bond acceptors (Lipinski definition) is 4. The predicted octanol–water partition coefficient (Wildman–Crippen LogP) is 2.32. The molecular weight excluding hydrogens is 503 g/mol. The van der Waals surface area contributed by atoms with E-state index in [1.54, 1.807) is 0 Å². The van der Waals surface area contributed by atoms with E-state index in [1.165, 1.54) is 32.4 Å². The number of hydrogen-bond donors (Lipinski definition) is 1. The minimum absolute atomic E-state index is 0. The van der Waals surface area contributed by atoms with Crippen LogP contribution in [0.5, 0.6) is 0 Å². The standard InChI is InChI=1S/C23H44N6O.HI/c1-4-24-23(25-18-20(2)19-26-10-6-5-7-11-26)29-16-14-27(15-17-29)21(3)22(30)28-12-8-9-13-28;/h20-21H,4-19H2,1-3H3,(H,24,25);1H. The lowest BCUT2D eigenvalue weighted by Gasteiger charge is -2.39. The van der Waals surface area contributed by atoms with E-state index in [2.05, 4.69) is 40.8 Å². The summed E-state index contributed by atoms with van der Waals surface area (Å²) in [6.45, 7) is 17.6. The van der Waals surface area contributed by atoms with Gasteiger partial charge >= 0.3 is 0 Å². The average molecular weight is 549 g/mol. The second kappa shape index (κ2) is 13.8. The van der Waals surface area contributed by atoms with Crippen molar-refractivity contribution in [3.05, 3.63) is 0 Å². The topological polar surface area (TPSA) is 54.4 Å². The Balaban J connectivity index is 0.00000341. The maximum atomic E-state index is 12.7. The highest BCUT2D eigenvalue weighted by atomic mass is 127. The van der Waals surface area contributed by atoms with Gasteiger partial charge in [0.25, 0.3) is 0 Å². The molecule has 1 amide bonds. The number of piperidine rings is 1. The van der Waals surface area contributed by atoms with Crippen LogP contribution in [0.1, 0.15) is 52.9 Å². The monoisotopic (exact) mass is 548 g/mol. The predicted molar refractivity (Wildman–Crippen MR) is 139 cm³/mol. The van der Waals surface area contributed by atoms with E-state index in [9.17, 15) is 4.79 Å². The van der Waals surface area contributed by atoms with Crippen LogP contribution in [0.2, 0.25) is 0 Å². The molecule has 31 heavy (non-hydrogen) atoms. The molecule has 1 N–H and O–H groups in total. The lowest BCUT2D eigenvalue weighted by molar-refractivity contribution is -0.135. The van der Waals surface area contributed by atoms with Crippen LogP contribution in [0.15, 0.2) is 4.99 Å². The second-order valence-electron chi connectivity index (χ2n) is 9.39. The Bertz CT molecular complexity index is 554. The highest BCUT2D eigenvalue weighted by molar-refractivity contribution is 14.0. The maximum absolute atomic E-state index is 12.7. The number of piperazine rings is 1. The molecule has 0 spiro atoms. The normalized spacial score (nSPS) is 23.4. The zero-order valence-electron chi connectivity index (χ0n) is 20.0. The second-order valence-corrected chi connectivity index (χ2v) is 9.39. The molecule has 0 aromatic rings. The van der Waals surface area contributed by atoms with Gasteiger partial charge in [-0.3, -0.25) is 14.7 Å². The van der Waals surface area contributed by atoms with Gasteiger partial charge in [-0.2, -0.15) is 0 Å². The number of carbonyl (C=O) groups excluding carboxylic acids is 1. The third kappa shape index (κ3) is 8.03. The number of aliphatic imine (C=N–C) groups is 1. The molecule has 0 aromatic heterocycles. The van der Waals surface area contributed by atoms with E-state index in [-0.39, 0.29) is 30.0 Å². The van der Waals surface area contributed by atoms with Crippen molar-refractivity contribution in [3.63, 3.8) is 0 Å². The van der Waals surface area contributed by atoms with Crippen LogP contribution in [0.25, 0.3) is 0 Å². The molecule has 3 aliphatic heterocycles. The fourth-order valence-corrected chi connectivity index (χ4v) is 4.99. The Morgan fingerprint density at radius 2 is 1.48 bits per heavy atom. The summed E-state index contributed by atoms with van der Waals surface area (Å²) in [5.41, 5.74) is 0. The number of amides is 1. The number of carbonyl (C=O) groups is 1. The summed E-state index contributed by atoms with van der Waals surface area (Å²) >= 11 is 0. The van der Waals surface area contributed by atoms with Gasteiger partial charge in [0.2, 0.25) is 5.91 Å². The fourth-order valence-electron chi connectivity index (χ4n) is 4.99. The Morgan fingerprint density at radius 1 is 0.871 bits per heavy atom. The lowest BCUT2D eigenvalue weighted by atomic mass is 10.1. The molecule has 0 saturated carbocycles. The van der Waals surface area contributed by atoms with Crippen LogP contribution in [-0.2, 0) is 4.79 Å². The van der Waals surface area contributed by atoms with Crippen LogP contribution in [-0.4, -0.2) is 110 Å². The largest absolute Gasteiger partial charge is 0.357 e. The van der Waals surface area contributed by atoms with E-state index >= 15 is 0 Å². The molecule has 3 saturated heterocycles. The molecule has 8 heteroatoms. The van der Waals surface area contributed by atoms with Gasteiger partial charge in [-0.1, -0.05) is 13.3 Å². The average Bonchev–Trinajstić information content (AvgIpc) is 3.31. The van der Waals surface area contributed by atoms with Gasteiger partial charge in [0.1, 0.15) is 0 Å². The minimum atomic E-state index is -0.00524. The number of nitrogens with one attached hydrogen (secondary N) is 1. The van der Waals surface area contributed by atoms with Crippen LogP contribution in [0, 0.1) is 5.92 Å². The molecule has 3 heterocycles. The summed E-state index contributed by atoms with van der Waals surface area (Å²) in [5, 5.41) is 3.49. The molecule has 3 fully saturated rings. The van der Waals surface area contributed by atoms with Crippen molar-refractivity contribution >= 4 is 35.8 Å². The lowest BCUT2D eigenvalue weighted by Crippen LogP contribution is -2.57. The summed E-state index contributed by atoms with van der Waals surface area (Å²) in [6.07, 6.45) is 6.40. The van der Waals surface area contributed by atoms with Gasteiger partial charge in [0.15, 0.2) is 5.96 Å². The molecule has 0 bridgehead atoms. The number of likely N-dealkylation sites (tertiary alicyclic amines) is 2. The van der Waals surface area contributed by atoms with Crippen molar-refractivity contribution in [2.75, 3.05) is 72.0 Å². The number of halogens is 1. The third-order valence-corrected chi connectivity index (χ3v) is 6.84. The van der Waals surface area contributed by atoms with Gasteiger partial charge in [0.05, 0.1) is 6.04 Å². The molecule has 180 valence electrons. The third-order valence-electron chi connectivity index (χ3n) is 6.84. The Labute approximate surface area is 207 Å². The van der Waals surface area contributed by atoms with E-state index in [0.29, 0.717) is 11.8 Å². The maximum Gasteiger partial charge on any atom is 0.239 e. The molecule has 2 atom stereocenters. The van der Waals surface area contributed by atoms with Crippen molar-refractivity contribution in [3.8, 4) is 0 Å². The molecule has 3 rings (SSSR count). The first-order valence-corrected chi connectivity index (χ1v) is 12.4. The molecule has 0 aliphatic carbocycles. The van der Waals surface area contributed by atoms with Crippen molar-refractivity contribution < 1.29 is 4.79 Å². The zero-order chi connectivity index (χ0) is 21.3. The van der Waals surface area contributed by atoms with Gasteiger partial charge in [-0.15, -0.1) is 24.0 Å². The SMILES string of the molecule is CCNC(=NCC(C)CN1CCCCC1)N1CCN(C(C)C(=O)N2CCCC2)CC1.I. The first-order chi connectivity index (χ1) is 14.6. The van der Waals surface area contributed by atoms with Gasteiger partial charge < -0.3 is 20.0 Å². The molecule has 7 nitrogen and oxygen atoms in total. The van der Waals surface area contributed by atoms with E-state index < -0.39 is 0 Å². The van der Waals surface area contributed by atoms with Crippen molar-refractivity contribution in [2.24, 2.45) is 10.9 Å². The molecule has 0 radical (unpaired) electrons. The summed E-state index contributed by atoms with van der Waals surface area (Å²) in [4.78, 5) is 27.1. The van der Waals surface area contributed by atoms with E-state index in [1.807, 2.05) is 4.90 Å². The quantitative estimate of drug-likeness (QED) is 0.301. The van der Waals surface area contributed by atoms with Crippen molar-refractivity contribution in [2.45, 2.75) is 58.9 Å². The fraction of sp³-hybridized carbons (Fsp3) is 0.913. The molecular formula is C23H45IN6O. The number of rotatable bonds is 7. The highest BCUT2D eigenvalue weighted by Crippen LogP contribution is 2.15. The van der Waals surface area contributed by atoms with Crippen molar-refractivity contribution in [1.29, 1.82) is 0 Å². The zero-order valence-corrected chi connectivity index (χ0v) is 22.4. The van der Waals surface area contributed by atoms with Gasteiger partial charge in [-0.25, -0.2) is 0 Å². The smallest absolute Gasteiger partial charge is 0.239 e. The molecule has 3 aliphatic rings. The number of guanidine groups is 1. The van der Waals surface area contributed by atoms with E-state index in [0.717, 1.165) is 77.7 Å². The summed E-state index contributed by atoms with van der Waals surface area (Å²) in [6, 6.07) is -0.00524. The highest BCUT2D eigenvalue weighted by Gasteiger charge is 2.30. The van der Waals surface area contributed by atoms with E-state index in [4.69, 9.17) is 4.99 Å².